The van der Waals surface area contributed by atoms with Gasteiger partial charge in [-0.3, -0.25) is 4.79 Å². The Labute approximate surface area is 190 Å². The average Bonchev–Trinajstić information content (AvgIpc) is 2.84. The lowest BCUT2D eigenvalue weighted by Gasteiger charge is -2.32. The highest BCUT2D eigenvalue weighted by atomic mass is 32.2. The third-order valence-corrected chi connectivity index (χ3v) is 8.23. The van der Waals surface area contributed by atoms with Crippen molar-refractivity contribution in [1.82, 2.24) is 9.21 Å². The van der Waals surface area contributed by atoms with Crippen LogP contribution in [0.5, 0.6) is 0 Å². The van der Waals surface area contributed by atoms with Crippen LogP contribution in [0.4, 0.5) is 0 Å². The van der Waals surface area contributed by atoms with Crippen molar-refractivity contribution in [3.63, 3.8) is 0 Å². The second-order valence-corrected chi connectivity index (χ2v) is 10.5. The minimum absolute atomic E-state index is 0.111. The number of hydrogen-bond donors (Lipinski definition) is 0. The second-order valence-electron chi connectivity index (χ2n) is 8.54. The monoisotopic (exact) mass is 450 g/mol. The van der Waals surface area contributed by atoms with Crippen LogP contribution in [-0.2, 0) is 21.2 Å². The summed E-state index contributed by atoms with van der Waals surface area (Å²) in [5.41, 5.74) is 1.28. The van der Waals surface area contributed by atoms with Crippen molar-refractivity contribution in [3.8, 4) is 0 Å². The summed E-state index contributed by atoms with van der Waals surface area (Å²) in [6.45, 7) is 1.47. The highest BCUT2D eigenvalue weighted by Crippen LogP contribution is 2.27. The summed E-state index contributed by atoms with van der Waals surface area (Å²) in [5.74, 6) is 0.0144. The van der Waals surface area contributed by atoms with E-state index in [1.807, 2.05) is 55.6 Å². The van der Waals surface area contributed by atoms with Gasteiger partial charge < -0.3 is 4.90 Å². The van der Waals surface area contributed by atoms with Gasteiger partial charge in [-0.05, 0) is 54.2 Å². The molecule has 0 aliphatic carbocycles. The zero-order valence-corrected chi connectivity index (χ0v) is 19.3. The molecule has 1 fully saturated rings. The number of fused-ring (bicyclic) bond motifs is 1. The van der Waals surface area contributed by atoms with Crippen LogP contribution >= 0.6 is 0 Å². The Balaban J connectivity index is 1.31. The van der Waals surface area contributed by atoms with Gasteiger partial charge in [0, 0.05) is 32.6 Å². The summed E-state index contributed by atoms with van der Waals surface area (Å²) in [7, 11) is -1.71. The van der Waals surface area contributed by atoms with Gasteiger partial charge in [-0.15, -0.1) is 0 Å². The molecule has 1 saturated heterocycles. The fourth-order valence-electron chi connectivity index (χ4n) is 4.41. The molecule has 6 heteroatoms. The largest absolute Gasteiger partial charge is 0.346 e. The highest BCUT2D eigenvalue weighted by Gasteiger charge is 2.33. The highest BCUT2D eigenvalue weighted by molar-refractivity contribution is 7.89. The van der Waals surface area contributed by atoms with Crippen LogP contribution in [0.15, 0.2) is 77.7 Å². The van der Waals surface area contributed by atoms with E-state index in [4.69, 9.17) is 0 Å². The molecule has 1 amide bonds. The molecule has 0 unspecified atom stereocenters. The number of carbonyl (C=O) groups excluding carboxylic acids is 1. The molecule has 0 saturated carbocycles. The van der Waals surface area contributed by atoms with Crippen molar-refractivity contribution in [1.29, 1.82) is 0 Å². The molecule has 0 spiro atoms. The summed E-state index contributed by atoms with van der Waals surface area (Å²) in [4.78, 5) is 15.0. The molecule has 3 aromatic carbocycles. The minimum Gasteiger partial charge on any atom is -0.346 e. The fourth-order valence-corrected chi connectivity index (χ4v) is 5.91. The number of benzene rings is 3. The molecule has 5 nitrogen and oxygen atoms in total. The van der Waals surface area contributed by atoms with Crippen LogP contribution in [-0.4, -0.2) is 50.2 Å². The Kier molecular flexibility index (Phi) is 6.92. The number of piperidine rings is 1. The molecule has 32 heavy (non-hydrogen) atoms. The quantitative estimate of drug-likeness (QED) is 0.538. The third kappa shape index (κ3) is 5.03. The summed E-state index contributed by atoms with van der Waals surface area (Å²) in [5, 5.41) is 1.93. The Morgan fingerprint density at radius 1 is 0.938 bits per heavy atom. The van der Waals surface area contributed by atoms with E-state index in [0.717, 1.165) is 23.6 Å². The fraction of sp³-hybridized carbons (Fsp3) is 0.346. The third-order valence-electron chi connectivity index (χ3n) is 6.34. The normalized spacial score (nSPS) is 15.7. The van der Waals surface area contributed by atoms with E-state index in [1.165, 1.54) is 9.87 Å². The van der Waals surface area contributed by atoms with E-state index < -0.39 is 10.0 Å². The summed E-state index contributed by atoms with van der Waals surface area (Å²) in [6, 6.07) is 23.3. The smallest absolute Gasteiger partial charge is 0.243 e. The zero-order valence-electron chi connectivity index (χ0n) is 18.5. The minimum atomic E-state index is -3.56. The van der Waals surface area contributed by atoms with Crippen molar-refractivity contribution in [2.45, 2.75) is 30.6 Å². The Morgan fingerprint density at radius 3 is 2.31 bits per heavy atom. The molecule has 0 atom stereocenters. The van der Waals surface area contributed by atoms with Crippen LogP contribution in [0.3, 0.4) is 0 Å². The van der Waals surface area contributed by atoms with E-state index in [9.17, 15) is 13.2 Å². The van der Waals surface area contributed by atoms with E-state index in [-0.39, 0.29) is 11.8 Å². The van der Waals surface area contributed by atoms with Crippen LogP contribution in [0.2, 0.25) is 0 Å². The number of sulfonamides is 1. The van der Waals surface area contributed by atoms with Crippen molar-refractivity contribution in [2.24, 2.45) is 5.92 Å². The topological polar surface area (TPSA) is 57.7 Å². The number of carbonyl (C=O) groups is 1. The van der Waals surface area contributed by atoms with E-state index in [1.54, 1.807) is 17.0 Å². The number of amides is 1. The van der Waals surface area contributed by atoms with Gasteiger partial charge in [0.05, 0.1) is 4.90 Å². The van der Waals surface area contributed by atoms with Crippen molar-refractivity contribution in [2.75, 3.05) is 26.7 Å². The van der Waals surface area contributed by atoms with E-state index in [0.29, 0.717) is 37.4 Å². The molecular formula is C26H30N2O3S. The van der Waals surface area contributed by atoms with Gasteiger partial charge in [0.25, 0.3) is 0 Å². The average molecular weight is 451 g/mol. The first-order valence-electron chi connectivity index (χ1n) is 11.2. The predicted octanol–water partition coefficient (Wildman–Crippen LogP) is 4.33. The number of hydrogen-bond acceptors (Lipinski definition) is 3. The lowest BCUT2D eigenvalue weighted by molar-refractivity contribution is -0.135. The Bertz CT molecular complexity index is 1170. The number of nitrogens with zero attached hydrogens (tertiary/aromatic N) is 2. The maximum absolute atomic E-state index is 13.1. The maximum Gasteiger partial charge on any atom is 0.243 e. The zero-order chi connectivity index (χ0) is 22.6. The van der Waals surface area contributed by atoms with E-state index >= 15 is 0 Å². The van der Waals surface area contributed by atoms with Gasteiger partial charge in [0.2, 0.25) is 15.9 Å². The van der Waals surface area contributed by atoms with Gasteiger partial charge in [-0.2, -0.15) is 4.31 Å². The van der Waals surface area contributed by atoms with Crippen LogP contribution in [0.1, 0.15) is 24.8 Å². The van der Waals surface area contributed by atoms with E-state index in [2.05, 4.69) is 12.1 Å². The first kappa shape index (κ1) is 22.5. The summed E-state index contributed by atoms with van der Waals surface area (Å²) < 4.78 is 27.8. The summed E-state index contributed by atoms with van der Waals surface area (Å²) in [6.07, 6.45) is 2.99. The molecule has 1 aliphatic rings. The van der Waals surface area contributed by atoms with Gasteiger partial charge in [0.1, 0.15) is 0 Å². The Hall–Kier alpha value is -2.70. The SMILES string of the molecule is CN(CCCc1ccccc1)C(=O)C1CCN(S(=O)(=O)c2ccc3ccccc3c2)CC1. The maximum atomic E-state index is 13.1. The summed E-state index contributed by atoms with van der Waals surface area (Å²) >= 11 is 0. The lowest BCUT2D eigenvalue weighted by Crippen LogP contribution is -2.43. The first-order valence-corrected chi connectivity index (χ1v) is 12.7. The molecule has 0 bridgehead atoms. The van der Waals surface area contributed by atoms with Crippen molar-refractivity contribution in [3.05, 3.63) is 78.4 Å². The van der Waals surface area contributed by atoms with Gasteiger partial charge >= 0.3 is 0 Å². The molecule has 3 aromatic rings. The predicted molar refractivity (Wildman–Crippen MR) is 128 cm³/mol. The van der Waals surface area contributed by atoms with Crippen molar-refractivity contribution >= 4 is 26.7 Å². The van der Waals surface area contributed by atoms with Gasteiger partial charge in [-0.1, -0.05) is 60.7 Å². The van der Waals surface area contributed by atoms with Gasteiger partial charge in [0.15, 0.2) is 0 Å². The molecule has 0 radical (unpaired) electrons. The molecule has 0 N–H and O–H groups in total. The number of rotatable bonds is 7. The van der Waals surface area contributed by atoms with Crippen LogP contribution in [0.25, 0.3) is 10.8 Å². The molecule has 0 aromatic heterocycles. The Morgan fingerprint density at radius 2 is 1.59 bits per heavy atom. The molecule has 1 aliphatic heterocycles. The lowest BCUT2D eigenvalue weighted by atomic mass is 9.96. The second kappa shape index (κ2) is 9.84. The van der Waals surface area contributed by atoms with Gasteiger partial charge in [-0.25, -0.2) is 8.42 Å². The molecular weight excluding hydrogens is 420 g/mol. The van der Waals surface area contributed by atoms with Crippen molar-refractivity contribution < 1.29 is 13.2 Å². The number of aryl methyl sites for hydroxylation is 1. The standard InChI is InChI=1S/C26H30N2O3S/c1-27(17-7-10-21-8-3-2-4-9-21)26(29)23-15-18-28(19-16-23)32(30,31)25-14-13-22-11-5-6-12-24(22)20-25/h2-6,8-9,11-14,20,23H,7,10,15-19H2,1H3. The molecule has 1 heterocycles. The molecule has 168 valence electrons. The van der Waals surface area contributed by atoms with Crippen LogP contribution < -0.4 is 0 Å². The molecule has 4 rings (SSSR count). The first-order chi connectivity index (χ1) is 15.4. The van der Waals surface area contributed by atoms with Crippen LogP contribution in [0, 0.1) is 5.92 Å².